The highest BCUT2D eigenvalue weighted by Gasteiger charge is 2.26. The number of hydrogen-bond donors (Lipinski definition) is 0. The lowest BCUT2D eigenvalue weighted by Crippen LogP contribution is -2.43. The molecule has 5 heteroatoms. The van der Waals surface area contributed by atoms with Crippen molar-refractivity contribution in [2.75, 3.05) is 32.8 Å². The van der Waals surface area contributed by atoms with Crippen LogP contribution in [0.15, 0.2) is 36.4 Å². The fourth-order valence-corrected chi connectivity index (χ4v) is 4.18. The Labute approximate surface area is 174 Å². The minimum Gasteiger partial charge on any atom is -0.376 e. The number of ether oxygens (including phenoxy) is 1. The summed E-state index contributed by atoms with van der Waals surface area (Å²) in [6, 6.07) is 7.02. The Morgan fingerprint density at radius 3 is 2.66 bits per heavy atom. The summed E-state index contributed by atoms with van der Waals surface area (Å²) in [6.45, 7) is 9.01. The van der Waals surface area contributed by atoms with Gasteiger partial charge in [0.1, 0.15) is 5.82 Å². The molecule has 1 atom stereocenters. The Kier molecular flexibility index (Phi) is 8.25. The Bertz CT molecular complexity index is 677. The van der Waals surface area contributed by atoms with E-state index in [0.29, 0.717) is 24.9 Å². The van der Waals surface area contributed by atoms with Crippen LogP contribution in [0.3, 0.4) is 0 Å². The number of carbonyl (C=O) groups excluding carboxylic acids is 1. The number of halogens is 1. The minimum absolute atomic E-state index is 0.1000. The molecule has 2 aliphatic rings. The fraction of sp³-hybridized carbons (Fsp3) is 0.625. The number of hydrogen-bond acceptors (Lipinski definition) is 3. The zero-order valence-electron chi connectivity index (χ0n) is 17.9. The second-order valence-electron chi connectivity index (χ2n) is 8.79. The van der Waals surface area contributed by atoms with Gasteiger partial charge in [-0.1, -0.05) is 38.1 Å². The van der Waals surface area contributed by atoms with E-state index in [2.05, 4.69) is 18.7 Å². The summed E-state index contributed by atoms with van der Waals surface area (Å²) in [6.07, 6.45) is 8.08. The maximum atomic E-state index is 13.9. The second kappa shape index (κ2) is 10.9. The van der Waals surface area contributed by atoms with E-state index < -0.39 is 0 Å². The Hall–Kier alpha value is -1.72. The molecular formula is C24H35FN2O2. The van der Waals surface area contributed by atoms with E-state index in [0.717, 1.165) is 57.5 Å². The number of nitrogens with zero attached hydrogens (tertiary/aromatic N) is 2. The van der Waals surface area contributed by atoms with Crippen LogP contribution in [0, 0.1) is 17.7 Å². The average Bonchev–Trinajstić information content (AvgIpc) is 3.22. The molecule has 0 spiro atoms. The van der Waals surface area contributed by atoms with Crippen LogP contribution < -0.4 is 0 Å². The smallest absolute Gasteiger partial charge is 0.246 e. The predicted octanol–water partition coefficient (Wildman–Crippen LogP) is 4.26. The maximum absolute atomic E-state index is 13.9. The summed E-state index contributed by atoms with van der Waals surface area (Å²) in [5.74, 6) is 0.831. The van der Waals surface area contributed by atoms with Crippen LogP contribution in [0.4, 0.5) is 4.39 Å². The quantitative estimate of drug-likeness (QED) is 0.609. The van der Waals surface area contributed by atoms with Gasteiger partial charge in [0, 0.05) is 31.8 Å². The van der Waals surface area contributed by atoms with Gasteiger partial charge in [-0.15, -0.1) is 0 Å². The monoisotopic (exact) mass is 402 g/mol. The largest absolute Gasteiger partial charge is 0.376 e. The first kappa shape index (κ1) is 22.0. The van der Waals surface area contributed by atoms with Gasteiger partial charge in [-0.25, -0.2) is 4.39 Å². The summed E-state index contributed by atoms with van der Waals surface area (Å²) >= 11 is 0. The molecule has 2 saturated heterocycles. The Morgan fingerprint density at radius 1 is 1.24 bits per heavy atom. The number of rotatable bonds is 8. The Morgan fingerprint density at radius 2 is 2.00 bits per heavy atom. The van der Waals surface area contributed by atoms with Crippen molar-refractivity contribution in [2.24, 2.45) is 11.8 Å². The van der Waals surface area contributed by atoms with Crippen molar-refractivity contribution in [1.82, 2.24) is 9.80 Å². The van der Waals surface area contributed by atoms with Gasteiger partial charge in [-0.3, -0.25) is 9.69 Å². The number of piperidine rings is 1. The average molecular weight is 403 g/mol. The van der Waals surface area contributed by atoms with Crippen molar-refractivity contribution in [2.45, 2.75) is 52.2 Å². The molecule has 2 aliphatic heterocycles. The van der Waals surface area contributed by atoms with E-state index in [-0.39, 0.29) is 17.8 Å². The van der Waals surface area contributed by atoms with Gasteiger partial charge in [0.05, 0.1) is 6.10 Å². The molecule has 29 heavy (non-hydrogen) atoms. The zero-order chi connectivity index (χ0) is 20.6. The lowest BCUT2D eigenvalue weighted by molar-refractivity contribution is -0.128. The number of allylic oxidation sites excluding steroid dienone is 1. The van der Waals surface area contributed by atoms with E-state index in [4.69, 9.17) is 4.74 Å². The van der Waals surface area contributed by atoms with Gasteiger partial charge in [0.15, 0.2) is 0 Å². The van der Waals surface area contributed by atoms with Crippen molar-refractivity contribution in [3.63, 3.8) is 0 Å². The lowest BCUT2D eigenvalue weighted by Gasteiger charge is -2.35. The van der Waals surface area contributed by atoms with Gasteiger partial charge < -0.3 is 9.64 Å². The van der Waals surface area contributed by atoms with Crippen molar-refractivity contribution in [3.05, 3.63) is 47.8 Å². The molecule has 1 aromatic rings. The molecule has 160 valence electrons. The third-order valence-corrected chi connectivity index (χ3v) is 5.92. The molecule has 0 saturated carbocycles. The van der Waals surface area contributed by atoms with E-state index in [9.17, 15) is 9.18 Å². The van der Waals surface area contributed by atoms with Gasteiger partial charge in [0.25, 0.3) is 0 Å². The molecule has 3 rings (SSSR count). The van der Waals surface area contributed by atoms with E-state index >= 15 is 0 Å². The topological polar surface area (TPSA) is 32.8 Å². The fourth-order valence-electron chi connectivity index (χ4n) is 4.18. The lowest BCUT2D eigenvalue weighted by atomic mass is 9.95. The molecule has 0 bridgehead atoms. The number of likely N-dealkylation sites (tertiary alicyclic amines) is 1. The standard InChI is InChI=1S/C24H35FN2O2/c1-19(2)9-10-24(28)27(18-22-7-5-15-29-22)16-20-11-13-26(14-12-20)17-21-6-3-4-8-23(21)25/h3-4,6,8-10,19-20,22H,5,7,11-18H2,1-2H3/b10-9+/t22-/m1/s1. The molecule has 0 unspecified atom stereocenters. The Balaban J connectivity index is 1.52. The first-order chi connectivity index (χ1) is 14.0. The first-order valence-corrected chi connectivity index (χ1v) is 11.1. The third-order valence-electron chi connectivity index (χ3n) is 5.92. The van der Waals surface area contributed by atoms with Crippen LogP contribution in [-0.4, -0.2) is 54.6 Å². The first-order valence-electron chi connectivity index (χ1n) is 11.1. The van der Waals surface area contributed by atoms with Crippen molar-refractivity contribution < 1.29 is 13.9 Å². The number of benzene rings is 1. The van der Waals surface area contributed by atoms with Crippen LogP contribution in [0.2, 0.25) is 0 Å². The summed E-state index contributed by atoms with van der Waals surface area (Å²) in [5.41, 5.74) is 0.764. The van der Waals surface area contributed by atoms with Crippen molar-refractivity contribution in [1.29, 1.82) is 0 Å². The molecule has 1 amide bonds. The van der Waals surface area contributed by atoms with Gasteiger partial charge in [-0.05, 0) is 62.8 Å². The van der Waals surface area contributed by atoms with Crippen molar-refractivity contribution >= 4 is 5.91 Å². The van der Waals surface area contributed by atoms with Crippen LogP contribution in [0.5, 0.6) is 0 Å². The SMILES string of the molecule is CC(C)/C=C/C(=O)N(CC1CCN(Cc2ccccc2F)CC1)C[C@H]1CCCO1. The highest BCUT2D eigenvalue weighted by atomic mass is 19.1. The molecule has 0 aliphatic carbocycles. The maximum Gasteiger partial charge on any atom is 0.246 e. The third kappa shape index (κ3) is 6.93. The molecule has 2 heterocycles. The van der Waals surface area contributed by atoms with Gasteiger partial charge in [-0.2, -0.15) is 0 Å². The number of amides is 1. The van der Waals surface area contributed by atoms with E-state index in [1.807, 2.05) is 23.1 Å². The molecule has 0 N–H and O–H groups in total. The molecule has 4 nitrogen and oxygen atoms in total. The normalized spacial score (nSPS) is 21.3. The second-order valence-corrected chi connectivity index (χ2v) is 8.79. The minimum atomic E-state index is -0.125. The van der Waals surface area contributed by atoms with Gasteiger partial charge >= 0.3 is 0 Å². The molecule has 0 radical (unpaired) electrons. The molecule has 2 fully saturated rings. The molecule has 1 aromatic carbocycles. The summed E-state index contributed by atoms with van der Waals surface area (Å²) in [4.78, 5) is 17.1. The van der Waals surface area contributed by atoms with E-state index in [1.54, 1.807) is 12.1 Å². The zero-order valence-corrected chi connectivity index (χ0v) is 17.9. The van der Waals surface area contributed by atoms with Crippen LogP contribution >= 0.6 is 0 Å². The summed E-state index contributed by atoms with van der Waals surface area (Å²) in [7, 11) is 0. The highest BCUT2D eigenvalue weighted by molar-refractivity contribution is 5.87. The van der Waals surface area contributed by atoms with Crippen LogP contribution in [0.25, 0.3) is 0 Å². The molecular weight excluding hydrogens is 367 g/mol. The molecule has 0 aromatic heterocycles. The van der Waals surface area contributed by atoms with Gasteiger partial charge in [0.2, 0.25) is 5.91 Å². The summed E-state index contributed by atoms with van der Waals surface area (Å²) in [5, 5.41) is 0. The van der Waals surface area contributed by atoms with Crippen molar-refractivity contribution in [3.8, 4) is 0 Å². The summed E-state index contributed by atoms with van der Waals surface area (Å²) < 4.78 is 19.7. The van der Waals surface area contributed by atoms with Crippen LogP contribution in [0.1, 0.15) is 45.1 Å². The highest BCUT2D eigenvalue weighted by Crippen LogP contribution is 2.22. The number of carbonyl (C=O) groups is 1. The van der Waals surface area contributed by atoms with E-state index in [1.165, 1.54) is 6.07 Å². The van der Waals surface area contributed by atoms with Crippen LogP contribution in [-0.2, 0) is 16.1 Å². The predicted molar refractivity (Wildman–Crippen MR) is 114 cm³/mol.